The van der Waals surface area contributed by atoms with Crippen LogP contribution in [0.1, 0.15) is 108 Å². The summed E-state index contributed by atoms with van der Waals surface area (Å²) < 4.78 is 0. The number of anilines is 2. The molecule has 2 fully saturated rings. The summed E-state index contributed by atoms with van der Waals surface area (Å²) in [6, 6.07) is 36.1. The molecule has 0 bridgehead atoms. The van der Waals surface area contributed by atoms with Crippen LogP contribution >= 0.6 is 0 Å². The molecular weight excluding hydrogens is 873 g/mol. The zero-order valence-electron chi connectivity index (χ0n) is 40.6. The maximum absolute atomic E-state index is 13.4. The molecule has 360 valence electrons. The van der Waals surface area contributed by atoms with E-state index >= 15 is 0 Å². The minimum absolute atomic E-state index is 0.0361. The molecule has 6 heterocycles. The number of carbonyl (C=O) groups is 4. The summed E-state index contributed by atoms with van der Waals surface area (Å²) in [4.78, 5) is 78.1. The van der Waals surface area contributed by atoms with E-state index in [2.05, 4.69) is 67.8 Å². The molecule has 12 nitrogen and oxygen atoms in total. The average Bonchev–Trinajstić information content (AvgIpc) is 3.43. The minimum atomic E-state index is 0.0361. The van der Waals surface area contributed by atoms with Gasteiger partial charge in [-0.15, -0.1) is 0 Å². The van der Waals surface area contributed by atoms with Crippen LogP contribution in [0.2, 0.25) is 0 Å². The highest BCUT2D eigenvalue weighted by molar-refractivity contribution is 5.96. The van der Waals surface area contributed by atoms with Crippen molar-refractivity contribution in [3.05, 3.63) is 155 Å². The first kappa shape index (κ1) is 48.0. The van der Waals surface area contributed by atoms with Crippen molar-refractivity contribution in [3.63, 3.8) is 0 Å². The van der Waals surface area contributed by atoms with E-state index < -0.39 is 0 Å². The number of rotatable bonds is 12. The largest absolute Gasteiger partial charge is 0.356 e. The number of hydrogen-bond acceptors (Lipinski definition) is 10. The van der Waals surface area contributed by atoms with Gasteiger partial charge in [-0.3, -0.25) is 19.2 Å². The van der Waals surface area contributed by atoms with Gasteiger partial charge in [-0.05, 0) is 85.0 Å². The highest BCUT2D eigenvalue weighted by atomic mass is 16.2. The van der Waals surface area contributed by atoms with Gasteiger partial charge in [0.05, 0.1) is 24.5 Å². The van der Waals surface area contributed by atoms with Gasteiger partial charge in [0.2, 0.25) is 0 Å². The van der Waals surface area contributed by atoms with Crippen LogP contribution in [0.4, 0.5) is 11.6 Å². The number of carbonyl (C=O) groups excluding carboxylic acids is 4. The van der Waals surface area contributed by atoms with Crippen LogP contribution in [0.3, 0.4) is 0 Å². The molecule has 4 aliphatic heterocycles. The van der Waals surface area contributed by atoms with Crippen molar-refractivity contribution in [1.29, 1.82) is 0 Å². The molecule has 2 saturated heterocycles. The Morgan fingerprint density at radius 3 is 1.17 bits per heavy atom. The highest BCUT2D eigenvalue weighted by Gasteiger charge is 2.32. The molecule has 4 aliphatic rings. The first-order valence-electron chi connectivity index (χ1n) is 25.4. The van der Waals surface area contributed by atoms with E-state index in [1.807, 2.05) is 94.7 Å². The lowest BCUT2D eigenvalue weighted by Crippen LogP contribution is -2.40. The smallest absolute Gasteiger partial charge is 0.254 e. The van der Waals surface area contributed by atoms with Gasteiger partial charge in [-0.25, -0.2) is 19.9 Å². The molecule has 0 aliphatic carbocycles. The first-order valence-corrected chi connectivity index (χ1v) is 25.4. The van der Waals surface area contributed by atoms with Crippen LogP contribution in [0, 0.1) is 11.8 Å². The molecule has 0 atom stereocenters. The first-order chi connectivity index (χ1) is 34.3. The van der Waals surface area contributed by atoms with Crippen molar-refractivity contribution in [3.8, 4) is 22.3 Å². The molecule has 2 amide bonds. The summed E-state index contributed by atoms with van der Waals surface area (Å²) in [7, 11) is 0. The third kappa shape index (κ3) is 11.0. The van der Waals surface area contributed by atoms with E-state index in [1.54, 1.807) is 12.7 Å². The highest BCUT2D eigenvalue weighted by Crippen LogP contribution is 2.33. The minimum Gasteiger partial charge on any atom is -0.356 e. The standard InChI is InChI=1S/2C29H32N4O2/c2*1-2-6-27(34)23-13-16-32(17-14-23)28-25-19-33(18-15-26(25)30-20-31-28)29(35)24-11-9-22(10-12-24)21-7-4-3-5-8-21/h2*3-5,7-12,20,23H,2,6,13-19H2,1H3. The van der Waals surface area contributed by atoms with Gasteiger partial charge >= 0.3 is 0 Å². The van der Waals surface area contributed by atoms with Crippen molar-refractivity contribution in [2.24, 2.45) is 11.8 Å². The monoisotopic (exact) mass is 937 g/mol. The number of fused-ring (bicyclic) bond motifs is 2. The zero-order chi connectivity index (χ0) is 48.4. The maximum atomic E-state index is 13.4. The van der Waals surface area contributed by atoms with Gasteiger partial charge in [-0.2, -0.15) is 0 Å². The Kier molecular flexibility index (Phi) is 15.5. The lowest BCUT2D eigenvalue weighted by atomic mass is 9.90. The van der Waals surface area contributed by atoms with Crippen molar-refractivity contribution in [2.75, 3.05) is 49.1 Å². The lowest BCUT2D eigenvalue weighted by molar-refractivity contribution is -0.124. The van der Waals surface area contributed by atoms with E-state index in [0.717, 1.165) is 134 Å². The van der Waals surface area contributed by atoms with Crippen LogP contribution in [-0.4, -0.2) is 92.4 Å². The number of piperidine rings is 2. The van der Waals surface area contributed by atoms with Crippen LogP contribution in [0.25, 0.3) is 22.3 Å². The number of hydrogen-bond donors (Lipinski definition) is 0. The molecule has 4 aromatic carbocycles. The Labute approximate surface area is 412 Å². The molecule has 2 aromatic heterocycles. The third-order valence-electron chi connectivity index (χ3n) is 14.5. The zero-order valence-corrected chi connectivity index (χ0v) is 40.6. The summed E-state index contributed by atoms with van der Waals surface area (Å²) >= 11 is 0. The maximum Gasteiger partial charge on any atom is 0.254 e. The molecule has 12 heteroatoms. The van der Waals surface area contributed by atoms with E-state index in [9.17, 15) is 19.2 Å². The Bertz CT molecular complexity index is 2560. The number of amides is 2. The molecular formula is C58H64N8O4. The Hall–Kier alpha value is -7.08. The summed E-state index contributed by atoms with van der Waals surface area (Å²) in [5, 5.41) is 0. The van der Waals surface area contributed by atoms with E-state index in [-0.39, 0.29) is 23.7 Å². The quantitative estimate of drug-likeness (QED) is 0.117. The molecule has 10 rings (SSSR count). The molecule has 0 radical (unpaired) electrons. The summed E-state index contributed by atoms with van der Waals surface area (Å²) in [5.74, 6) is 3.05. The van der Waals surface area contributed by atoms with E-state index in [0.29, 0.717) is 61.7 Å². The molecule has 0 spiro atoms. The van der Waals surface area contributed by atoms with Crippen molar-refractivity contribution < 1.29 is 19.2 Å². The fraction of sp³-hybridized carbons (Fsp3) is 0.379. The van der Waals surface area contributed by atoms with Crippen LogP contribution in [0.15, 0.2) is 122 Å². The summed E-state index contributed by atoms with van der Waals surface area (Å²) in [6.07, 6.45) is 11.4. The van der Waals surface area contributed by atoms with Gasteiger partial charge in [-0.1, -0.05) is 98.8 Å². The van der Waals surface area contributed by atoms with Gasteiger partial charge < -0.3 is 19.6 Å². The van der Waals surface area contributed by atoms with Crippen molar-refractivity contribution in [1.82, 2.24) is 29.7 Å². The number of aromatic nitrogens is 4. The normalized spacial score (nSPS) is 16.1. The van der Waals surface area contributed by atoms with Crippen LogP contribution in [0.5, 0.6) is 0 Å². The third-order valence-corrected chi connectivity index (χ3v) is 14.5. The number of ketones is 2. The van der Waals surface area contributed by atoms with Gasteiger partial charge in [0.25, 0.3) is 11.8 Å². The topological polar surface area (TPSA) is 133 Å². The second-order valence-corrected chi connectivity index (χ2v) is 19.0. The van der Waals surface area contributed by atoms with Crippen molar-refractivity contribution >= 4 is 35.0 Å². The van der Waals surface area contributed by atoms with E-state index in [1.165, 1.54) is 0 Å². The SMILES string of the molecule is CCCC(=O)C1CCN(c2ncnc3c2CN(C(=O)c2ccc(-c4ccccc4)cc2)CC3)CC1.CCCC(=O)C1CCN(c2ncnc3c2CN(C(=O)c2ccc(-c4ccccc4)cc2)CC3)CC1. The fourth-order valence-corrected chi connectivity index (χ4v) is 10.5. The van der Waals surface area contributed by atoms with Crippen LogP contribution < -0.4 is 9.80 Å². The molecule has 0 unspecified atom stereocenters. The van der Waals surface area contributed by atoms with Crippen LogP contribution in [-0.2, 0) is 35.5 Å². The van der Waals surface area contributed by atoms with E-state index in [4.69, 9.17) is 0 Å². The van der Waals surface area contributed by atoms with Crippen molar-refractivity contribution in [2.45, 2.75) is 91.1 Å². The number of Topliss-reactive ketones (excluding diaryl/α,β-unsaturated/α-hetero) is 2. The Balaban J connectivity index is 0.000000174. The number of benzene rings is 4. The van der Waals surface area contributed by atoms with Gasteiger partial charge in [0.1, 0.15) is 35.9 Å². The Morgan fingerprint density at radius 2 is 0.814 bits per heavy atom. The Morgan fingerprint density at radius 1 is 0.457 bits per heavy atom. The molecule has 6 aromatic rings. The second-order valence-electron chi connectivity index (χ2n) is 19.0. The molecule has 70 heavy (non-hydrogen) atoms. The van der Waals surface area contributed by atoms with Gasteiger partial charge in [0, 0.05) is 99.0 Å². The summed E-state index contributed by atoms with van der Waals surface area (Å²) in [5.41, 5.74) is 10.0. The lowest BCUT2D eigenvalue weighted by Gasteiger charge is -2.36. The fourth-order valence-electron chi connectivity index (χ4n) is 10.5. The predicted molar refractivity (Wildman–Crippen MR) is 274 cm³/mol. The van der Waals surface area contributed by atoms with Gasteiger partial charge in [0.15, 0.2) is 0 Å². The number of nitrogens with zero attached hydrogens (tertiary/aromatic N) is 8. The average molecular weight is 937 g/mol. The predicted octanol–water partition coefficient (Wildman–Crippen LogP) is 9.86. The second kappa shape index (κ2) is 22.6. The summed E-state index contributed by atoms with van der Waals surface area (Å²) in [6.45, 7) is 9.72. The molecule has 0 saturated carbocycles. The molecule has 0 N–H and O–H groups in total.